The summed E-state index contributed by atoms with van der Waals surface area (Å²) in [6.07, 6.45) is 6.15. The van der Waals surface area contributed by atoms with Crippen LogP contribution in [0.3, 0.4) is 0 Å². The molecule has 3 nitrogen and oxygen atoms in total. The van der Waals surface area contributed by atoms with Gasteiger partial charge >= 0.3 is 5.97 Å². The maximum atomic E-state index is 11.7. The molecule has 3 fully saturated rings. The Kier molecular flexibility index (Phi) is 3.26. The molecule has 1 aromatic carbocycles. The Morgan fingerprint density at radius 1 is 1.24 bits per heavy atom. The standard InChI is InChI=1S/C18H23NO2/c20-18(21)17-16-6-2-5-15(16)11-19(17)10-12-3-1-4-14(9-12)13-7-8-13/h1,3-4,9,13,15-17H,2,5-8,10-11H2,(H,20,21). The van der Waals surface area contributed by atoms with Crippen LogP contribution >= 0.6 is 0 Å². The number of carboxylic acid groups (broad SMARTS) is 1. The fourth-order valence-electron chi connectivity index (χ4n) is 4.49. The van der Waals surface area contributed by atoms with Crippen LogP contribution < -0.4 is 0 Å². The second-order valence-electron chi connectivity index (χ2n) is 7.09. The molecule has 3 heteroatoms. The van der Waals surface area contributed by atoms with Gasteiger partial charge in [0.05, 0.1) is 0 Å². The lowest BCUT2D eigenvalue weighted by atomic mass is 9.94. The molecule has 4 rings (SSSR count). The molecule has 112 valence electrons. The summed E-state index contributed by atoms with van der Waals surface area (Å²) in [6, 6.07) is 8.54. The molecule has 0 bridgehead atoms. The zero-order chi connectivity index (χ0) is 14.4. The van der Waals surface area contributed by atoms with Crippen LogP contribution in [0.1, 0.15) is 49.1 Å². The largest absolute Gasteiger partial charge is 0.480 e. The van der Waals surface area contributed by atoms with Gasteiger partial charge in [-0.15, -0.1) is 0 Å². The first-order valence-electron chi connectivity index (χ1n) is 8.28. The fraction of sp³-hybridized carbons (Fsp3) is 0.611. The van der Waals surface area contributed by atoms with Crippen molar-refractivity contribution in [1.29, 1.82) is 0 Å². The Morgan fingerprint density at radius 2 is 2.10 bits per heavy atom. The van der Waals surface area contributed by atoms with Crippen LogP contribution in [0.15, 0.2) is 24.3 Å². The van der Waals surface area contributed by atoms with E-state index >= 15 is 0 Å². The van der Waals surface area contributed by atoms with E-state index in [1.54, 1.807) is 0 Å². The molecule has 0 spiro atoms. The summed E-state index contributed by atoms with van der Waals surface area (Å²) >= 11 is 0. The number of aliphatic carboxylic acids is 1. The number of carboxylic acids is 1. The van der Waals surface area contributed by atoms with Gasteiger partial charge in [0.1, 0.15) is 6.04 Å². The van der Waals surface area contributed by atoms with Crippen molar-refractivity contribution in [2.24, 2.45) is 11.8 Å². The van der Waals surface area contributed by atoms with E-state index in [4.69, 9.17) is 0 Å². The molecule has 1 aromatic rings. The molecule has 1 N–H and O–H groups in total. The summed E-state index contributed by atoms with van der Waals surface area (Å²) in [5.41, 5.74) is 2.73. The number of rotatable bonds is 4. The first-order valence-corrected chi connectivity index (χ1v) is 8.28. The van der Waals surface area contributed by atoms with Gasteiger partial charge in [0.15, 0.2) is 0 Å². The van der Waals surface area contributed by atoms with E-state index in [1.807, 2.05) is 0 Å². The van der Waals surface area contributed by atoms with Crippen LogP contribution in [0.25, 0.3) is 0 Å². The van der Waals surface area contributed by atoms with Crippen LogP contribution in [0.4, 0.5) is 0 Å². The maximum absolute atomic E-state index is 11.7. The highest BCUT2D eigenvalue weighted by molar-refractivity contribution is 5.74. The zero-order valence-electron chi connectivity index (χ0n) is 12.4. The Morgan fingerprint density at radius 3 is 2.86 bits per heavy atom. The van der Waals surface area contributed by atoms with Gasteiger partial charge in [0, 0.05) is 13.1 Å². The second kappa shape index (κ2) is 5.13. The summed E-state index contributed by atoms with van der Waals surface area (Å²) in [6.45, 7) is 1.76. The van der Waals surface area contributed by atoms with E-state index < -0.39 is 5.97 Å². The van der Waals surface area contributed by atoms with E-state index in [2.05, 4.69) is 29.2 Å². The van der Waals surface area contributed by atoms with Crippen molar-refractivity contribution in [3.8, 4) is 0 Å². The lowest BCUT2D eigenvalue weighted by Crippen LogP contribution is -2.39. The molecular weight excluding hydrogens is 262 g/mol. The summed E-state index contributed by atoms with van der Waals surface area (Å²) < 4.78 is 0. The molecular formula is C18H23NO2. The van der Waals surface area contributed by atoms with Crippen LogP contribution in [-0.2, 0) is 11.3 Å². The topological polar surface area (TPSA) is 40.5 Å². The van der Waals surface area contributed by atoms with Crippen LogP contribution in [0, 0.1) is 11.8 Å². The zero-order valence-corrected chi connectivity index (χ0v) is 12.4. The molecule has 3 atom stereocenters. The third-order valence-corrected chi connectivity index (χ3v) is 5.62. The Labute approximate surface area is 126 Å². The average molecular weight is 285 g/mol. The molecule has 2 aliphatic carbocycles. The quantitative estimate of drug-likeness (QED) is 0.923. The predicted octanol–water partition coefficient (Wildman–Crippen LogP) is 3.25. The van der Waals surface area contributed by atoms with Gasteiger partial charge in [-0.1, -0.05) is 30.7 Å². The molecule has 3 unspecified atom stereocenters. The van der Waals surface area contributed by atoms with Gasteiger partial charge in [-0.05, 0) is 54.6 Å². The molecule has 2 saturated carbocycles. The number of likely N-dealkylation sites (tertiary alicyclic amines) is 1. The van der Waals surface area contributed by atoms with Crippen LogP contribution in [0.2, 0.25) is 0 Å². The van der Waals surface area contributed by atoms with Crippen molar-refractivity contribution >= 4 is 5.97 Å². The SMILES string of the molecule is O=C(O)C1C2CCCC2CN1Cc1cccc(C2CC2)c1. The third kappa shape index (κ3) is 2.48. The minimum absolute atomic E-state index is 0.262. The van der Waals surface area contributed by atoms with Crippen molar-refractivity contribution in [1.82, 2.24) is 4.90 Å². The number of hydrogen-bond donors (Lipinski definition) is 1. The molecule has 3 aliphatic rings. The van der Waals surface area contributed by atoms with Crippen molar-refractivity contribution < 1.29 is 9.90 Å². The highest BCUT2D eigenvalue weighted by Gasteiger charge is 2.47. The summed E-state index contributed by atoms with van der Waals surface area (Å²) in [5, 5.41) is 9.62. The second-order valence-corrected chi connectivity index (χ2v) is 7.09. The molecule has 0 radical (unpaired) electrons. The van der Waals surface area contributed by atoms with Gasteiger partial charge in [-0.3, -0.25) is 9.69 Å². The van der Waals surface area contributed by atoms with Gasteiger partial charge in [0.2, 0.25) is 0 Å². The Bertz CT molecular complexity index is 552. The molecule has 1 saturated heterocycles. The number of fused-ring (bicyclic) bond motifs is 1. The van der Waals surface area contributed by atoms with Crippen molar-refractivity contribution in [3.63, 3.8) is 0 Å². The lowest BCUT2D eigenvalue weighted by molar-refractivity contribution is -0.143. The first-order chi connectivity index (χ1) is 10.2. The van der Waals surface area contributed by atoms with Gasteiger partial charge in [-0.25, -0.2) is 0 Å². The smallest absolute Gasteiger partial charge is 0.321 e. The van der Waals surface area contributed by atoms with Crippen molar-refractivity contribution in [2.45, 2.75) is 50.6 Å². The molecule has 0 aromatic heterocycles. The van der Waals surface area contributed by atoms with Crippen molar-refractivity contribution in [2.75, 3.05) is 6.54 Å². The highest BCUT2D eigenvalue weighted by Crippen LogP contribution is 2.43. The first kappa shape index (κ1) is 13.3. The molecule has 1 aliphatic heterocycles. The van der Waals surface area contributed by atoms with Gasteiger partial charge in [0.25, 0.3) is 0 Å². The highest BCUT2D eigenvalue weighted by atomic mass is 16.4. The number of hydrogen-bond acceptors (Lipinski definition) is 2. The van der Waals surface area contributed by atoms with E-state index in [9.17, 15) is 9.90 Å². The molecule has 0 amide bonds. The molecule has 1 heterocycles. The normalized spacial score (nSPS) is 32.3. The van der Waals surface area contributed by atoms with Gasteiger partial charge in [-0.2, -0.15) is 0 Å². The monoisotopic (exact) mass is 285 g/mol. The maximum Gasteiger partial charge on any atom is 0.321 e. The van der Waals surface area contributed by atoms with E-state index in [1.165, 1.54) is 36.8 Å². The number of benzene rings is 1. The van der Waals surface area contributed by atoms with E-state index in [0.717, 1.165) is 25.4 Å². The van der Waals surface area contributed by atoms with E-state index in [0.29, 0.717) is 11.8 Å². The lowest BCUT2D eigenvalue weighted by Gasteiger charge is -2.24. The third-order valence-electron chi connectivity index (χ3n) is 5.62. The van der Waals surface area contributed by atoms with Gasteiger partial charge < -0.3 is 5.11 Å². The summed E-state index contributed by atoms with van der Waals surface area (Å²) in [5.74, 6) is 1.13. The Balaban J connectivity index is 1.53. The number of nitrogens with zero attached hydrogens (tertiary/aromatic N) is 1. The van der Waals surface area contributed by atoms with E-state index in [-0.39, 0.29) is 6.04 Å². The number of carbonyl (C=O) groups is 1. The Hall–Kier alpha value is -1.35. The minimum atomic E-state index is -0.622. The molecule has 21 heavy (non-hydrogen) atoms. The summed E-state index contributed by atoms with van der Waals surface area (Å²) in [7, 11) is 0. The average Bonchev–Trinajstić information content (AvgIpc) is 3.12. The minimum Gasteiger partial charge on any atom is -0.480 e. The summed E-state index contributed by atoms with van der Waals surface area (Å²) in [4.78, 5) is 13.9. The van der Waals surface area contributed by atoms with Crippen LogP contribution in [-0.4, -0.2) is 28.6 Å². The predicted molar refractivity (Wildman–Crippen MR) is 81.1 cm³/mol. The van der Waals surface area contributed by atoms with Crippen molar-refractivity contribution in [3.05, 3.63) is 35.4 Å². The fourth-order valence-corrected chi connectivity index (χ4v) is 4.49. The van der Waals surface area contributed by atoms with Crippen LogP contribution in [0.5, 0.6) is 0 Å².